The average Bonchev–Trinajstić information content (AvgIpc) is 3.88. The van der Waals surface area contributed by atoms with Crippen LogP contribution in [0, 0.1) is 17.8 Å². The Morgan fingerprint density at radius 2 is 1.26 bits per heavy atom. The molecule has 2 aromatic heterocycles. The first kappa shape index (κ1) is 31.1. The first-order chi connectivity index (χ1) is 20.2. The monoisotopic (exact) mass is 612 g/mol. The number of ether oxygens (including phenoxy) is 2. The minimum Gasteiger partial charge on any atom is -0.462 e. The van der Waals surface area contributed by atoms with Crippen LogP contribution in [0.5, 0.6) is 0 Å². The topological polar surface area (TPSA) is 86.7 Å². The fourth-order valence-corrected chi connectivity index (χ4v) is 9.04. The van der Waals surface area contributed by atoms with E-state index in [-0.39, 0.29) is 23.8 Å². The summed E-state index contributed by atoms with van der Waals surface area (Å²) in [5.41, 5.74) is 3.77. The van der Waals surface area contributed by atoms with Gasteiger partial charge in [-0.1, -0.05) is 13.8 Å². The highest BCUT2D eigenvalue weighted by atomic mass is 32.1. The van der Waals surface area contributed by atoms with Crippen molar-refractivity contribution in [2.45, 2.75) is 111 Å². The normalized spacial score (nSPS) is 21.0. The number of ketones is 2. The molecule has 6 rings (SSSR count). The maximum Gasteiger partial charge on any atom is 0.339 e. The highest BCUT2D eigenvalue weighted by Crippen LogP contribution is 2.43. The molecule has 2 unspecified atom stereocenters. The molecule has 8 heteroatoms. The number of hydrogen-bond acceptors (Lipinski definition) is 8. The van der Waals surface area contributed by atoms with E-state index in [0.717, 1.165) is 83.4 Å². The Hall–Kier alpha value is -2.32. The van der Waals surface area contributed by atoms with Crippen molar-refractivity contribution in [1.82, 2.24) is 0 Å². The molecule has 0 aromatic carbocycles. The van der Waals surface area contributed by atoms with Crippen LogP contribution in [-0.4, -0.2) is 36.7 Å². The lowest BCUT2D eigenvalue weighted by molar-refractivity contribution is -0.120. The van der Waals surface area contributed by atoms with Crippen molar-refractivity contribution in [3.8, 4) is 0 Å². The maximum atomic E-state index is 12.3. The number of carbonyl (C=O) groups excluding carboxylic acids is 4. The second-order valence-corrected chi connectivity index (χ2v) is 14.8. The molecule has 2 atom stereocenters. The van der Waals surface area contributed by atoms with E-state index in [4.69, 9.17) is 9.47 Å². The van der Waals surface area contributed by atoms with Crippen LogP contribution in [0.3, 0.4) is 0 Å². The molecule has 4 aliphatic rings. The van der Waals surface area contributed by atoms with E-state index < -0.39 is 0 Å². The van der Waals surface area contributed by atoms with E-state index in [1.165, 1.54) is 22.6 Å². The van der Waals surface area contributed by atoms with Gasteiger partial charge >= 0.3 is 11.9 Å². The largest absolute Gasteiger partial charge is 0.462 e. The van der Waals surface area contributed by atoms with Gasteiger partial charge < -0.3 is 9.47 Å². The second kappa shape index (κ2) is 13.5. The fraction of sp³-hybridized carbons (Fsp3) is 0.647. The Kier molecular flexibility index (Phi) is 10.0. The van der Waals surface area contributed by atoms with Crippen molar-refractivity contribution in [3.63, 3.8) is 0 Å². The number of esters is 2. The molecule has 0 aliphatic heterocycles. The quantitative estimate of drug-likeness (QED) is 0.259. The SMILES string of the molecule is CCOC(=O)c1c(CC(=O)C2CC2)sc2c1CC(C)CC2.CCOC(=O)c1c(CC(=O)C2CC2)sc2c1CCCC2C. The van der Waals surface area contributed by atoms with Crippen LogP contribution >= 0.6 is 22.7 Å². The van der Waals surface area contributed by atoms with Gasteiger partial charge in [0.2, 0.25) is 0 Å². The predicted octanol–water partition coefficient (Wildman–Crippen LogP) is 7.46. The van der Waals surface area contributed by atoms with Crippen molar-refractivity contribution in [3.05, 3.63) is 41.8 Å². The van der Waals surface area contributed by atoms with Crippen molar-refractivity contribution in [2.24, 2.45) is 17.8 Å². The molecule has 42 heavy (non-hydrogen) atoms. The molecule has 2 fully saturated rings. The van der Waals surface area contributed by atoms with Crippen molar-refractivity contribution in [2.75, 3.05) is 13.2 Å². The molecule has 2 heterocycles. The standard InChI is InChI=1S/2C17H22O3S/c1-3-20-17(19)16-12-8-10(2)4-7-14(12)21-15(16)9-13(18)11-5-6-11;1-3-20-17(19)15-12-6-4-5-10(2)16(12)21-14(15)9-13(18)11-7-8-11/h2*10-11H,3-9H2,1-2H3. The lowest BCUT2D eigenvalue weighted by atomic mass is 9.87. The highest BCUT2D eigenvalue weighted by molar-refractivity contribution is 7.13. The van der Waals surface area contributed by atoms with Crippen molar-refractivity contribution >= 4 is 46.2 Å². The van der Waals surface area contributed by atoms with Crippen molar-refractivity contribution < 1.29 is 28.7 Å². The van der Waals surface area contributed by atoms with E-state index in [1.54, 1.807) is 22.7 Å². The van der Waals surface area contributed by atoms with E-state index >= 15 is 0 Å². The molecule has 0 spiro atoms. The molecular weight excluding hydrogens is 569 g/mol. The van der Waals surface area contributed by atoms with Gasteiger partial charge in [-0.2, -0.15) is 0 Å². The molecule has 2 saturated carbocycles. The molecular formula is C34H44O6S2. The predicted molar refractivity (Wildman–Crippen MR) is 166 cm³/mol. The van der Waals surface area contributed by atoms with Gasteiger partial charge in [-0.25, -0.2) is 9.59 Å². The molecule has 0 bridgehead atoms. The van der Waals surface area contributed by atoms with Gasteiger partial charge in [-0.05, 0) is 101 Å². The van der Waals surface area contributed by atoms with Crippen LogP contribution in [0.4, 0.5) is 0 Å². The molecule has 4 aliphatic carbocycles. The van der Waals surface area contributed by atoms with Gasteiger partial charge in [0, 0.05) is 44.2 Å². The van der Waals surface area contributed by atoms with Gasteiger partial charge in [0.1, 0.15) is 11.6 Å². The van der Waals surface area contributed by atoms with Gasteiger partial charge in [0.05, 0.1) is 24.3 Å². The van der Waals surface area contributed by atoms with E-state index in [9.17, 15) is 19.2 Å². The third kappa shape index (κ3) is 7.07. The van der Waals surface area contributed by atoms with E-state index in [1.807, 2.05) is 13.8 Å². The lowest BCUT2D eigenvalue weighted by Crippen LogP contribution is -2.15. The first-order valence-electron chi connectivity index (χ1n) is 15.9. The summed E-state index contributed by atoms with van der Waals surface area (Å²) in [6.07, 6.45) is 11.3. The molecule has 0 saturated heterocycles. The summed E-state index contributed by atoms with van der Waals surface area (Å²) in [7, 11) is 0. The number of fused-ring (bicyclic) bond motifs is 2. The van der Waals surface area contributed by atoms with Crippen LogP contribution in [0.1, 0.15) is 130 Å². The maximum absolute atomic E-state index is 12.3. The molecule has 0 N–H and O–H groups in total. The minimum atomic E-state index is -0.234. The summed E-state index contributed by atoms with van der Waals surface area (Å²) in [5.74, 6) is 1.73. The number of rotatable bonds is 10. The second-order valence-electron chi connectivity index (χ2n) is 12.5. The molecule has 6 nitrogen and oxygen atoms in total. The van der Waals surface area contributed by atoms with Crippen LogP contribution < -0.4 is 0 Å². The van der Waals surface area contributed by atoms with E-state index in [0.29, 0.717) is 49.5 Å². The Morgan fingerprint density at radius 3 is 1.81 bits per heavy atom. The Bertz CT molecular complexity index is 1340. The van der Waals surface area contributed by atoms with Crippen molar-refractivity contribution in [1.29, 1.82) is 0 Å². The zero-order valence-corrected chi connectivity index (χ0v) is 27.1. The van der Waals surface area contributed by atoms with Crippen LogP contribution in [0.15, 0.2) is 0 Å². The smallest absolute Gasteiger partial charge is 0.339 e. The molecule has 0 radical (unpaired) electrons. The summed E-state index contributed by atoms with van der Waals surface area (Å²) in [5, 5.41) is 0. The van der Waals surface area contributed by atoms with Gasteiger partial charge in [0.15, 0.2) is 0 Å². The first-order valence-corrected chi connectivity index (χ1v) is 17.5. The van der Waals surface area contributed by atoms with Crippen LogP contribution in [0.25, 0.3) is 0 Å². The Morgan fingerprint density at radius 1 is 0.714 bits per heavy atom. The third-order valence-electron chi connectivity index (χ3n) is 8.90. The summed E-state index contributed by atoms with van der Waals surface area (Å²) in [6.45, 7) is 8.87. The number of thiophene rings is 2. The summed E-state index contributed by atoms with van der Waals surface area (Å²) >= 11 is 3.35. The van der Waals surface area contributed by atoms with E-state index in [2.05, 4.69) is 13.8 Å². The molecule has 2 aromatic rings. The number of aryl methyl sites for hydroxylation is 1. The van der Waals surface area contributed by atoms with Gasteiger partial charge in [-0.15, -0.1) is 22.7 Å². The number of carbonyl (C=O) groups is 4. The summed E-state index contributed by atoms with van der Waals surface area (Å²) in [6, 6.07) is 0. The molecule has 228 valence electrons. The van der Waals surface area contributed by atoms with Gasteiger partial charge in [0.25, 0.3) is 0 Å². The summed E-state index contributed by atoms with van der Waals surface area (Å²) < 4.78 is 10.5. The zero-order valence-electron chi connectivity index (χ0n) is 25.5. The fourth-order valence-electron chi connectivity index (χ4n) is 6.26. The minimum absolute atomic E-state index is 0.234. The average molecular weight is 613 g/mol. The summed E-state index contributed by atoms with van der Waals surface area (Å²) in [4.78, 5) is 53.5. The zero-order chi connectivity index (χ0) is 30.0. The van der Waals surface area contributed by atoms with Crippen LogP contribution in [-0.2, 0) is 51.2 Å². The molecule has 0 amide bonds. The number of Topliss-reactive ketones (excluding diaryl/α,β-unsaturated/α-hetero) is 2. The van der Waals surface area contributed by atoms with Crippen LogP contribution in [0.2, 0.25) is 0 Å². The highest BCUT2D eigenvalue weighted by Gasteiger charge is 2.35. The Labute approximate surface area is 257 Å². The van der Waals surface area contributed by atoms with Gasteiger partial charge in [-0.3, -0.25) is 9.59 Å². The number of hydrogen-bond donors (Lipinski definition) is 0. The lowest BCUT2D eigenvalue weighted by Gasteiger charge is -2.18. The Balaban J connectivity index is 0.000000168. The third-order valence-corrected chi connectivity index (χ3v) is 11.7.